The summed E-state index contributed by atoms with van der Waals surface area (Å²) in [4.78, 5) is 0. The predicted molar refractivity (Wildman–Crippen MR) is 57.8 cm³/mol. The summed E-state index contributed by atoms with van der Waals surface area (Å²) >= 11 is 5.90. The molecule has 0 saturated carbocycles. The highest BCUT2D eigenvalue weighted by molar-refractivity contribution is 6.33. The van der Waals surface area contributed by atoms with Crippen LogP contribution in [0.4, 0.5) is 5.82 Å². The molecule has 2 heterocycles. The molecule has 0 spiro atoms. The summed E-state index contributed by atoms with van der Waals surface area (Å²) in [5.41, 5.74) is 5.48. The molecule has 0 amide bonds. The summed E-state index contributed by atoms with van der Waals surface area (Å²) in [5.74, 6) is 0.944. The molecule has 1 aliphatic heterocycles. The van der Waals surface area contributed by atoms with Crippen LogP contribution in [0.3, 0.4) is 0 Å². The number of hydrogen-bond donors (Lipinski definition) is 1. The fourth-order valence-electron chi connectivity index (χ4n) is 1.81. The zero-order valence-electron chi connectivity index (χ0n) is 8.54. The fraction of sp³-hybridized carbons (Fsp3) is 0.700. The van der Waals surface area contributed by atoms with Crippen molar-refractivity contribution >= 4 is 17.4 Å². The monoisotopic (exact) mass is 230 g/mol. The van der Waals surface area contributed by atoms with Crippen molar-refractivity contribution in [3.05, 3.63) is 10.8 Å². The van der Waals surface area contributed by atoms with Gasteiger partial charge in [0.25, 0.3) is 0 Å². The van der Waals surface area contributed by atoms with E-state index in [1.165, 1.54) is 12.8 Å². The Labute approximate surface area is 93.7 Å². The van der Waals surface area contributed by atoms with Crippen LogP contribution in [0.5, 0.6) is 0 Å². The van der Waals surface area contributed by atoms with Gasteiger partial charge in [0.1, 0.15) is 5.02 Å². The number of hydrogen-bond acceptors (Lipinski definition) is 4. The SMILES string of the molecule is Nc1noc(CCC2CCCCO2)c1Cl. The van der Waals surface area contributed by atoms with Crippen LogP contribution in [0.2, 0.25) is 5.02 Å². The van der Waals surface area contributed by atoms with E-state index < -0.39 is 0 Å². The van der Waals surface area contributed by atoms with Crippen molar-refractivity contribution in [2.75, 3.05) is 12.3 Å². The Morgan fingerprint density at radius 1 is 1.47 bits per heavy atom. The van der Waals surface area contributed by atoms with E-state index >= 15 is 0 Å². The average Bonchev–Trinajstić information content (AvgIpc) is 2.59. The number of halogens is 1. The number of ether oxygens (including phenoxy) is 1. The normalized spacial score (nSPS) is 21.8. The summed E-state index contributed by atoms with van der Waals surface area (Å²) in [5, 5.41) is 4.06. The van der Waals surface area contributed by atoms with Gasteiger partial charge >= 0.3 is 0 Å². The van der Waals surface area contributed by atoms with Crippen molar-refractivity contribution in [1.82, 2.24) is 5.16 Å². The zero-order chi connectivity index (χ0) is 10.7. The molecule has 1 aliphatic rings. The predicted octanol–water partition coefficient (Wildman–Crippen LogP) is 2.41. The van der Waals surface area contributed by atoms with Gasteiger partial charge in [-0.25, -0.2) is 0 Å². The third kappa shape index (κ3) is 2.63. The van der Waals surface area contributed by atoms with Gasteiger partial charge in [0.05, 0.1) is 6.10 Å². The number of anilines is 1. The highest BCUT2D eigenvalue weighted by Crippen LogP contribution is 2.25. The van der Waals surface area contributed by atoms with Gasteiger partial charge in [0.2, 0.25) is 0 Å². The van der Waals surface area contributed by atoms with Gasteiger partial charge in [0, 0.05) is 13.0 Å². The maximum Gasteiger partial charge on any atom is 0.185 e. The molecule has 1 unspecified atom stereocenters. The molecule has 0 aromatic carbocycles. The molecule has 1 fully saturated rings. The van der Waals surface area contributed by atoms with Crippen LogP contribution in [-0.2, 0) is 11.2 Å². The van der Waals surface area contributed by atoms with Crippen molar-refractivity contribution < 1.29 is 9.26 Å². The molecule has 1 atom stereocenters. The third-order valence-electron chi connectivity index (χ3n) is 2.69. The van der Waals surface area contributed by atoms with Crippen LogP contribution >= 0.6 is 11.6 Å². The Bertz CT molecular complexity index is 321. The summed E-state index contributed by atoms with van der Waals surface area (Å²) < 4.78 is 10.6. The Hall–Kier alpha value is -0.740. The van der Waals surface area contributed by atoms with E-state index in [-0.39, 0.29) is 5.82 Å². The number of aryl methyl sites for hydroxylation is 1. The van der Waals surface area contributed by atoms with E-state index in [1.54, 1.807) is 0 Å². The van der Waals surface area contributed by atoms with Gasteiger partial charge in [-0.3, -0.25) is 0 Å². The second kappa shape index (κ2) is 4.86. The molecular weight excluding hydrogens is 216 g/mol. The highest BCUT2D eigenvalue weighted by atomic mass is 35.5. The van der Waals surface area contributed by atoms with Crippen LogP contribution < -0.4 is 5.73 Å². The molecule has 0 radical (unpaired) electrons. The van der Waals surface area contributed by atoms with Crippen molar-refractivity contribution in [2.45, 2.75) is 38.2 Å². The van der Waals surface area contributed by atoms with Crippen LogP contribution in [0.15, 0.2) is 4.52 Å². The molecule has 0 bridgehead atoms. The van der Waals surface area contributed by atoms with Gasteiger partial charge in [-0.05, 0) is 25.7 Å². The van der Waals surface area contributed by atoms with Crippen molar-refractivity contribution in [3.8, 4) is 0 Å². The fourth-order valence-corrected chi connectivity index (χ4v) is 1.97. The van der Waals surface area contributed by atoms with E-state index in [0.29, 0.717) is 16.9 Å². The molecule has 2 rings (SSSR count). The van der Waals surface area contributed by atoms with E-state index in [1.807, 2.05) is 0 Å². The molecule has 5 heteroatoms. The first-order valence-electron chi connectivity index (χ1n) is 5.28. The maximum atomic E-state index is 5.90. The standard InChI is InChI=1S/C10H15ClN2O2/c11-9-8(15-13-10(9)12)5-4-7-3-1-2-6-14-7/h7H,1-6H2,(H2,12,13). The zero-order valence-corrected chi connectivity index (χ0v) is 9.29. The van der Waals surface area contributed by atoms with Gasteiger partial charge in [-0.1, -0.05) is 16.8 Å². The lowest BCUT2D eigenvalue weighted by Crippen LogP contribution is -2.19. The van der Waals surface area contributed by atoms with E-state index in [2.05, 4.69) is 5.16 Å². The second-order valence-corrected chi connectivity index (χ2v) is 4.21. The molecule has 1 saturated heterocycles. The van der Waals surface area contributed by atoms with Gasteiger partial charge in [-0.2, -0.15) is 0 Å². The lowest BCUT2D eigenvalue weighted by molar-refractivity contribution is 0.0106. The molecule has 0 aliphatic carbocycles. The van der Waals surface area contributed by atoms with Crippen molar-refractivity contribution in [2.24, 2.45) is 0 Å². The molecule has 84 valence electrons. The molecule has 4 nitrogen and oxygen atoms in total. The minimum absolute atomic E-state index is 0.274. The van der Waals surface area contributed by atoms with Crippen molar-refractivity contribution in [1.29, 1.82) is 0 Å². The van der Waals surface area contributed by atoms with Gasteiger partial charge in [-0.15, -0.1) is 0 Å². The molecular formula is C10H15ClN2O2. The highest BCUT2D eigenvalue weighted by Gasteiger charge is 2.17. The number of nitrogens with zero attached hydrogens (tertiary/aromatic N) is 1. The minimum Gasteiger partial charge on any atom is -0.380 e. The molecule has 2 N–H and O–H groups in total. The maximum absolute atomic E-state index is 5.90. The Morgan fingerprint density at radius 2 is 2.33 bits per heavy atom. The smallest absolute Gasteiger partial charge is 0.185 e. The first-order valence-corrected chi connectivity index (χ1v) is 5.66. The van der Waals surface area contributed by atoms with Crippen LogP contribution in [0, 0.1) is 0 Å². The lowest BCUT2D eigenvalue weighted by atomic mass is 10.0. The second-order valence-electron chi connectivity index (χ2n) is 3.83. The summed E-state index contributed by atoms with van der Waals surface area (Å²) in [6.07, 6.45) is 5.55. The minimum atomic E-state index is 0.274. The first kappa shape index (κ1) is 10.8. The third-order valence-corrected chi connectivity index (χ3v) is 3.10. The number of nitrogens with two attached hydrogens (primary N) is 1. The average molecular weight is 231 g/mol. The van der Waals surface area contributed by atoms with Crippen molar-refractivity contribution in [3.63, 3.8) is 0 Å². The van der Waals surface area contributed by atoms with Crippen LogP contribution in [0.1, 0.15) is 31.4 Å². The lowest BCUT2D eigenvalue weighted by Gasteiger charge is -2.21. The number of nitrogen functional groups attached to an aromatic ring is 1. The van der Waals surface area contributed by atoms with E-state index in [0.717, 1.165) is 25.9 Å². The van der Waals surface area contributed by atoms with Gasteiger partial charge < -0.3 is 15.0 Å². The summed E-state index contributed by atoms with van der Waals surface area (Å²) in [6.45, 7) is 0.872. The number of aromatic nitrogens is 1. The van der Waals surface area contributed by atoms with Crippen LogP contribution in [-0.4, -0.2) is 17.9 Å². The largest absolute Gasteiger partial charge is 0.380 e. The van der Waals surface area contributed by atoms with E-state index in [4.69, 9.17) is 26.6 Å². The number of rotatable bonds is 3. The molecule has 1 aromatic heterocycles. The first-order chi connectivity index (χ1) is 7.27. The van der Waals surface area contributed by atoms with E-state index in [9.17, 15) is 0 Å². The topological polar surface area (TPSA) is 61.3 Å². The van der Waals surface area contributed by atoms with Crippen LogP contribution in [0.25, 0.3) is 0 Å². The molecule has 15 heavy (non-hydrogen) atoms. The Kier molecular flexibility index (Phi) is 3.49. The Balaban J connectivity index is 1.84. The van der Waals surface area contributed by atoms with Gasteiger partial charge in [0.15, 0.2) is 11.6 Å². The summed E-state index contributed by atoms with van der Waals surface area (Å²) in [7, 11) is 0. The quantitative estimate of drug-likeness (QED) is 0.866. The summed E-state index contributed by atoms with van der Waals surface area (Å²) in [6, 6.07) is 0. The molecule has 1 aromatic rings. The Morgan fingerprint density at radius 3 is 2.93 bits per heavy atom.